The van der Waals surface area contributed by atoms with Crippen LogP contribution in [0.5, 0.6) is 11.5 Å². The fraction of sp³-hybridized carbons (Fsp3) is 0.0182. The summed E-state index contributed by atoms with van der Waals surface area (Å²) in [6, 6.07) is 77.7. The van der Waals surface area contributed by atoms with Crippen molar-refractivity contribution in [1.29, 1.82) is 0 Å². The van der Waals surface area contributed by atoms with Crippen LogP contribution in [0.3, 0.4) is 0 Å². The van der Waals surface area contributed by atoms with Gasteiger partial charge in [0.1, 0.15) is 22.7 Å². The molecule has 0 amide bonds. The van der Waals surface area contributed by atoms with E-state index in [0.29, 0.717) is 0 Å². The zero-order chi connectivity index (χ0) is 38.9. The fourth-order valence-electron chi connectivity index (χ4n) is 9.73. The second-order valence-electron chi connectivity index (χ2n) is 15.2. The average Bonchev–Trinajstić information content (AvgIpc) is 3.83. The summed E-state index contributed by atoms with van der Waals surface area (Å²) in [5.74, 6) is 1.72. The van der Waals surface area contributed by atoms with E-state index in [0.717, 1.165) is 78.7 Å². The molecule has 0 saturated carbocycles. The second kappa shape index (κ2) is 13.1. The lowest BCUT2D eigenvalue weighted by Crippen LogP contribution is -2.32. The van der Waals surface area contributed by atoms with E-state index >= 15 is 0 Å². The third-order valence-corrected chi connectivity index (χ3v) is 12.1. The molecule has 10 aromatic rings. The lowest BCUT2D eigenvalue weighted by molar-refractivity contribution is 0.436. The molecule has 0 saturated heterocycles. The Bertz CT molecular complexity index is 3140. The summed E-state index contributed by atoms with van der Waals surface area (Å²) in [5.41, 5.74) is 14.6. The van der Waals surface area contributed by atoms with Crippen molar-refractivity contribution in [3.63, 3.8) is 0 Å². The first kappa shape index (κ1) is 33.3. The van der Waals surface area contributed by atoms with Crippen LogP contribution in [0.4, 0.5) is 34.1 Å². The molecule has 1 aliphatic heterocycles. The van der Waals surface area contributed by atoms with E-state index in [1.807, 2.05) is 12.1 Å². The summed E-state index contributed by atoms with van der Waals surface area (Å²) >= 11 is 0. The van der Waals surface area contributed by atoms with Gasteiger partial charge in [0, 0.05) is 45.0 Å². The van der Waals surface area contributed by atoms with Crippen LogP contribution in [0.1, 0.15) is 22.3 Å². The predicted molar refractivity (Wildman–Crippen MR) is 240 cm³/mol. The quantitative estimate of drug-likeness (QED) is 0.169. The van der Waals surface area contributed by atoms with Crippen molar-refractivity contribution in [2.24, 2.45) is 0 Å². The molecule has 59 heavy (non-hydrogen) atoms. The van der Waals surface area contributed by atoms with E-state index in [9.17, 15) is 0 Å². The zero-order valence-corrected chi connectivity index (χ0v) is 32.0. The number of ether oxygens (including phenoxy) is 1. The third-order valence-electron chi connectivity index (χ3n) is 12.1. The van der Waals surface area contributed by atoms with Gasteiger partial charge < -0.3 is 19.0 Å². The molecule has 1 spiro atoms. The molecule has 4 heteroatoms. The Kier molecular flexibility index (Phi) is 7.41. The minimum Gasteiger partial charge on any atom is -0.457 e. The van der Waals surface area contributed by atoms with Crippen molar-refractivity contribution in [2.75, 3.05) is 9.80 Å². The van der Waals surface area contributed by atoms with Crippen molar-refractivity contribution < 1.29 is 9.15 Å². The molecular weight excluding hydrogens is 721 g/mol. The van der Waals surface area contributed by atoms with Crippen LogP contribution in [0.2, 0.25) is 0 Å². The number of rotatable bonds is 6. The van der Waals surface area contributed by atoms with Crippen LogP contribution in [0.25, 0.3) is 33.1 Å². The van der Waals surface area contributed by atoms with Gasteiger partial charge in [0.15, 0.2) is 0 Å². The van der Waals surface area contributed by atoms with E-state index in [2.05, 4.69) is 216 Å². The van der Waals surface area contributed by atoms with Crippen LogP contribution in [-0.4, -0.2) is 0 Å². The number of anilines is 6. The molecular formula is C55H36N2O2. The molecule has 0 N–H and O–H groups in total. The van der Waals surface area contributed by atoms with Gasteiger partial charge in [-0.15, -0.1) is 0 Å². The first-order valence-electron chi connectivity index (χ1n) is 20.1. The normalized spacial score (nSPS) is 13.0. The number of benzene rings is 9. The van der Waals surface area contributed by atoms with Crippen molar-refractivity contribution in [2.45, 2.75) is 5.41 Å². The van der Waals surface area contributed by atoms with E-state index in [1.165, 1.54) is 22.3 Å². The fourth-order valence-corrected chi connectivity index (χ4v) is 9.73. The van der Waals surface area contributed by atoms with Gasteiger partial charge in [-0.05, 0) is 107 Å². The number of fused-ring (bicyclic) bond motifs is 12. The Morgan fingerprint density at radius 1 is 0.339 bits per heavy atom. The maximum absolute atomic E-state index is 6.86. The molecule has 12 rings (SSSR count). The van der Waals surface area contributed by atoms with Gasteiger partial charge in [0.2, 0.25) is 0 Å². The van der Waals surface area contributed by atoms with Crippen LogP contribution in [0.15, 0.2) is 223 Å². The molecule has 4 nitrogen and oxygen atoms in total. The third kappa shape index (κ3) is 4.96. The minimum absolute atomic E-state index is 0.605. The number of hydrogen-bond donors (Lipinski definition) is 0. The maximum Gasteiger partial charge on any atom is 0.137 e. The summed E-state index contributed by atoms with van der Waals surface area (Å²) in [4.78, 5) is 4.71. The van der Waals surface area contributed by atoms with Gasteiger partial charge in [-0.3, -0.25) is 0 Å². The largest absolute Gasteiger partial charge is 0.457 e. The lowest BCUT2D eigenvalue weighted by Gasteiger charge is -2.40. The number of furan rings is 1. The molecule has 1 aliphatic carbocycles. The highest BCUT2D eigenvalue weighted by molar-refractivity contribution is 6.13. The molecule has 0 fully saturated rings. The Hall–Kier alpha value is -7.82. The van der Waals surface area contributed by atoms with Crippen molar-refractivity contribution in [1.82, 2.24) is 0 Å². The number of nitrogens with zero attached hydrogens (tertiary/aromatic N) is 2. The lowest BCUT2D eigenvalue weighted by atomic mass is 9.66. The summed E-state index contributed by atoms with van der Waals surface area (Å²) in [6.45, 7) is 0. The molecule has 278 valence electrons. The molecule has 0 radical (unpaired) electrons. The molecule has 2 aliphatic rings. The molecule has 1 aromatic heterocycles. The highest BCUT2D eigenvalue weighted by Crippen LogP contribution is 2.62. The van der Waals surface area contributed by atoms with Gasteiger partial charge in [-0.1, -0.05) is 133 Å². The summed E-state index contributed by atoms with van der Waals surface area (Å²) < 4.78 is 13.4. The topological polar surface area (TPSA) is 28.9 Å². The van der Waals surface area contributed by atoms with Crippen molar-refractivity contribution in [3.05, 3.63) is 241 Å². The first-order valence-corrected chi connectivity index (χ1v) is 20.1. The maximum atomic E-state index is 6.86. The highest BCUT2D eigenvalue weighted by atomic mass is 16.5. The van der Waals surface area contributed by atoms with Gasteiger partial charge in [0.25, 0.3) is 0 Å². The summed E-state index contributed by atoms with van der Waals surface area (Å²) in [6.07, 6.45) is 0. The van der Waals surface area contributed by atoms with E-state index in [4.69, 9.17) is 9.15 Å². The molecule has 2 heterocycles. The number of hydrogen-bond acceptors (Lipinski definition) is 4. The van der Waals surface area contributed by atoms with E-state index < -0.39 is 5.41 Å². The monoisotopic (exact) mass is 756 g/mol. The van der Waals surface area contributed by atoms with Crippen LogP contribution in [0, 0.1) is 0 Å². The van der Waals surface area contributed by atoms with Crippen LogP contribution in [-0.2, 0) is 5.41 Å². The van der Waals surface area contributed by atoms with Gasteiger partial charge in [-0.2, -0.15) is 0 Å². The standard InChI is InChI=1S/C55H36N2O2/c1-3-17-37(18-4-1)56(38-19-5-2-6-20-38)39-21-15-22-40(35-39)57(49-29-16-32-53-54(49)44-25-9-13-30-50(44)58-53)41-33-34-52-48(36-41)55(47-28-12-14-31-51(47)59-52)45-26-10-7-23-42(45)43-24-8-11-27-46(43)55/h1-36H. The Balaban J connectivity index is 1.14. The van der Waals surface area contributed by atoms with E-state index in [1.54, 1.807) is 0 Å². The minimum atomic E-state index is -0.605. The summed E-state index contributed by atoms with van der Waals surface area (Å²) in [7, 11) is 0. The molecule has 0 bridgehead atoms. The molecule has 9 aromatic carbocycles. The Labute approximate surface area is 342 Å². The SMILES string of the molecule is c1ccc(N(c2ccccc2)c2cccc(N(c3ccc4c(c3)C3(c5ccccc5O4)c4ccccc4-c4ccccc43)c3cccc4oc5ccccc5c34)c2)cc1. The van der Waals surface area contributed by atoms with Gasteiger partial charge in [0.05, 0.1) is 16.5 Å². The molecule has 0 atom stereocenters. The number of para-hydroxylation sites is 4. The second-order valence-corrected chi connectivity index (χ2v) is 15.2. The van der Waals surface area contributed by atoms with Gasteiger partial charge >= 0.3 is 0 Å². The van der Waals surface area contributed by atoms with Crippen LogP contribution >= 0.6 is 0 Å². The Morgan fingerprint density at radius 2 is 0.864 bits per heavy atom. The molecule has 0 unspecified atom stereocenters. The smallest absolute Gasteiger partial charge is 0.137 e. The average molecular weight is 757 g/mol. The highest BCUT2D eigenvalue weighted by Gasteiger charge is 2.51. The zero-order valence-electron chi connectivity index (χ0n) is 32.0. The van der Waals surface area contributed by atoms with Gasteiger partial charge in [-0.25, -0.2) is 0 Å². The summed E-state index contributed by atoms with van der Waals surface area (Å²) in [5, 5.41) is 2.13. The predicted octanol–water partition coefficient (Wildman–Crippen LogP) is 15.0. The van der Waals surface area contributed by atoms with Crippen molar-refractivity contribution >= 4 is 56.1 Å². The van der Waals surface area contributed by atoms with Crippen LogP contribution < -0.4 is 14.5 Å². The van der Waals surface area contributed by atoms with Crippen molar-refractivity contribution in [3.8, 4) is 22.6 Å². The first-order chi connectivity index (χ1) is 29.3. The van der Waals surface area contributed by atoms with E-state index in [-0.39, 0.29) is 0 Å². The Morgan fingerprint density at radius 3 is 1.59 bits per heavy atom.